The van der Waals surface area contributed by atoms with Crippen LogP contribution in [0.5, 0.6) is 11.5 Å². The van der Waals surface area contributed by atoms with E-state index in [-0.39, 0.29) is 17.2 Å². The highest BCUT2D eigenvalue weighted by molar-refractivity contribution is 5.98. The Balaban J connectivity index is 1.50. The zero-order valence-corrected chi connectivity index (χ0v) is 15.3. The summed E-state index contributed by atoms with van der Waals surface area (Å²) in [5.41, 5.74) is 0.743. The van der Waals surface area contributed by atoms with E-state index >= 15 is 0 Å². The topological polar surface area (TPSA) is 59.1 Å². The van der Waals surface area contributed by atoms with Crippen molar-refractivity contribution >= 4 is 11.8 Å². The van der Waals surface area contributed by atoms with Crippen LogP contribution in [0.1, 0.15) is 43.0 Å². The first kappa shape index (κ1) is 17.2. The molecule has 2 amide bonds. The lowest BCUT2D eigenvalue weighted by atomic mass is 9.72. The van der Waals surface area contributed by atoms with Gasteiger partial charge in [-0.25, -0.2) is 0 Å². The summed E-state index contributed by atoms with van der Waals surface area (Å²) in [5, 5.41) is 0. The highest BCUT2D eigenvalue weighted by Crippen LogP contribution is 2.41. The van der Waals surface area contributed by atoms with E-state index in [1.807, 2.05) is 28.0 Å². The van der Waals surface area contributed by atoms with Gasteiger partial charge in [0.1, 0.15) is 13.2 Å². The molecular weight excluding hydrogens is 332 g/mol. The summed E-state index contributed by atoms with van der Waals surface area (Å²) in [7, 11) is 0. The molecule has 0 bridgehead atoms. The minimum Gasteiger partial charge on any atom is -0.486 e. The summed E-state index contributed by atoms with van der Waals surface area (Å²) in [6.45, 7) is 5.77. The van der Waals surface area contributed by atoms with Crippen molar-refractivity contribution < 1.29 is 19.1 Å². The molecule has 0 aromatic heterocycles. The number of hydrogen-bond acceptors (Lipinski definition) is 4. The molecule has 2 saturated heterocycles. The van der Waals surface area contributed by atoms with Gasteiger partial charge in [0.2, 0.25) is 5.91 Å². The summed E-state index contributed by atoms with van der Waals surface area (Å²) in [6.07, 6.45) is 4.10. The second kappa shape index (κ2) is 6.82. The number of piperidine rings is 2. The number of carbonyl (C=O) groups excluding carboxylic acids is 2. The lowest BCUT2D eigenvalue weighted by Crippen LogP contribution is -2.51. The smallest absolute Gasteiger partial charge is 0.257 e. The molecule has 140 valence electrons. The predicted octanol–water partition coefficient (Wildman–Crippen LogP) is 2.32. The fraction of sp³-hybridized carbons (Fsp3) is 0.600. The molecule has 3 aliphatic rings. The number of ether oxygens (including phenoxy) is 2. The van der Waals surface area contributed by atoms with E-state index in [0.29, 0.717) is 30.3 Å². The Labute approximate surface area is 154 Å². The van der Waals surface area contributed by atoms with Gasteiger partial charge < -0.3 is 19.3 Å². The number of nitrogens with zero attached hydrogens (tertiary/aromatic N) is 2. The van der Waals surface area contributed by atoms with Crippen LogP contribution in [0.4, 0.5) is 0 Å². The molecule has 4 rings (SSSR count). The Bertz CT molecular complexity index is 710. The van der Waals surface area contributed by atoms with E-state index in [9.17, 15) is 9.59 Å². The van der Waals surface area contributed by atoms with Crippen LogP contribution in [-0.4, -0.2) is 61.0 Å². The Kier molecular flexibility index (Phi) is 4.51. The maximum Gasteiger partial charge on any atom is 0.257 e. The first-order valence-electron chi connectivity index (χ1n) is 9.51. The molecule has 1 spiro atoms. The van der Waals surface area contributed by atoms with E-state index in [1.165, 1.54) is 0 Å². The largest absolute Gasteiger partial charge is 0.486 e. The molecule has 0 radical (unpaired) electrons. The van der Waals surface area contributed by atoms with Gasteiger partial charge in [-0.3, -0.25) is 9.59 Å². The Morgan fingerprint density at radius 1 is 1.00 bits per heavy atom. The number of carbonyl (C=O) groups is 2. The van der Waals surface area contributed by atoms with Crippen LogP contribution < -0.4 is 9.47 Å². The normalized spacial score (nSPS) is 21.6. The summed E-state index contributed by atoms with van der Waals surface area (Å²) in [4.78, 5) is 28.7. The average Bonchev–Trinajstić information content (AvgIpc) is 2.67. The highest BCUT2D eigenvalue weighted by Gasteiger charge is 2.40. The maximum absolute atomic E-state index is 13.2. The van der Waals surface area contributed by atoms with E-state index < -0.39 is 0 Å². The van der Waals surface area contributed by atoms with Crippen molar-refractivity contribution in [3.8, 4) is 11.5 Å². The summed E-state index contributed by atoms with van der Waals surface area (Å²) < 4.78 is 11.3. The van der Waals surface area contributed by atoms with Crippen LogP contribution in [0.3, 0.4) is 0 Å². The van der Waals surface area contributed by atoms with Gasteiger partial charge in [-0.1, -0.05) is 6.07 Å². The van der Waals surface area contributed by atoms with Gasteiger partial charge in [-0.05, 0) is 43.2 Å². The van der Waals surface area contributed by atoms with Crippen molar-refractivity contribution in [3.63, 3.8) is 0 Å². The number of hydrogen-bond donors (Lipinski definition) is 0. The predicted molar refractivity (Wildman–Crippen MR) is 96.5 cm³/mol. The van der Waals surface area contributed by atoms with Crippen LogP contribution in [0.15, 0.2) is 18.2 Å². The molecule has 0 unspecified atom stereocenters. The zero-order valence-electron chi connectivity index (χ0n) is 15.3. The summed E-state index contributed by atoms with van der Waals surface area (Å²) >= 11 is 0. The molecule has 3 heterocycles. The van der Waals surface area contributed by atoms with Crippen LogP contribution in [0.25, 0.3) is 0 Å². The van der Waals surface area contributed by atoms with Gasteiger partial charge >= 0.3 is 0 Å². The second-order valence-corrected chi connectivity index (χ2v) is 7.67. The van der Waals surface area contributed by atoms with Gasteiger partial charge in [0.05, 0.1) is 5.56 Å². The minimum atomic E-state index is 0.0282. The van der Waals surface area contributed by atoms with E-state index in [0.717, 1.165) is 51.9 Å². The molecule has 0 N–H and O–H groups in total. The Hall–Kier alpha value is -2.24. The zero-order chi connectivity index (χ0) is 18.1. The molecule has 6 heteroatoms. The number of fused-ring (bicyclic) bond motifs is 1. The number of rotatable bonds is 1. The van der Waals surface area contributed by atoms with Crippen molar-refractivity contribution in [1.82, 2.24) is 9.80 Å². The number of likely N-dealkylation sites (tertiary alicyclic amines) is 2. The van der Waals surface area contributed by atoms with Crippen LogP contribution in [-0.2, 0) is 4.79 Å². The molecular formula is C20H26N2O4. The monoisotopic (exact) mass is 358 g/mol. The average molecular weight is 358 g/mol. The van der Waals surface area contributed by atoms with Crippen molar-refractivity contribution in [3.05, 3.63) is 23.8 Å². The lowest BCUT2D eigenvalue weighted by Gasteiger charge is -2.47. The fourth-order valence-electron chi connectivity index (χ4n) is 4.50. The SMILES string of the molecule is CC(=O)N1CCC2(CCCN(C(=O)c3cccc4c3OCCO4)C2)CC1. The molecule has 0 atom stereocenters. The van der Waals surface area contributed by atoms with E-state index in [2.05, 4.69) is 0 Å². The van der Waals surface area contributed by atoms with E-state index in [4.69, 9.17) is 9.47 Å². The van der Waals surface area contributed by atoms with Gasteiger partial charge in [-0.2, -0.15) is 0 Å². The van der Waals surface area contributed by atoms with Crippen molar-refractivity contribution in [2.45, 2.75) is 32.6 Å². The van der Waals surface area contributed by atoms with Gasteiger partial charge in [0, 0.05) is 33.1 Å². The first-order chi connectivity index (χ1) is 12.6. The minimum absolute atomic E-state index is 0.0282. The molecule has 1 aromatic carbocycles. The van der Waals surface area contributed by atoms with Crippen molar-refractivity contribution in [2.24, 2.45) is 5.41 Å². The molecule has 3 aliphatic heterocycles. The van der Waals surface area contributed by atoms with Crippen LogP contribution in [0.2, 0.25) is 0 Å². The highest BCUT2D eigenvalue weighted by atomic mass is 16.6. The van der Waals surface area contributed by atoms with Crippen LogP contribution in [0, 0.1) is 5.41 Å². The lowest BCUT2D eigenvalue weighted by molar-refractivity contribution is -0.131. The molecule has 0 saturated carbocycles. The Morgan fingerprint density at radius 2 is 1.77 bits per heavy atom. The van der Waals surface area contributed by atoms with Gasteiger partial charge in [-0.15, -0.1) is 0 Å². The molecule has 0 aliphatic carbocycles. The maximum atomic E-state index is 13.2. The van der Waals surface area contributed by atoms with E-state index in [1.54, 1.807) is 6.92 Å². The Morgan fingerprint density at radius 3 is 2.54 bits per heavy atom. The quantitative estimate of drug-likeness (QED) is 0.773. The third kappa shape index (κ3) is 3.13. The third-order valence-electron chi connectivity index (χ3n) is 6.01. The molecule has 26 heavy (non-hydrogen) atoms. The fourth-order valence-corrected chi connectivity index (χ4v) is 4.50. The molecule has 1 aromatic rings. The molecule has 6 nitrogen and oxygen atoms in total. The van der Waals surface area contributed by atoms with Gasteiger partial charge in [0.15, 0.2) is 11.5 Å². The summed E-state index contributed by atoms with van der Waals surface area (Å²) in [6, 6.07) is 5.53. The number of amides is 2. The van der Waals surface area contributed by atoms with Gasteiger partial charge in [0.25, 0.3) is 5.91 Å². The number of benzene rings is 1. The van der Waals surface area contributed by atoms with Crippen LogP contribution >= 0.6 is 0 Å². The summed E-state index contributed by atoms with van der Waals surface area (Å²) in [5.74, 6) is 1.41. The number of para-hydroxylation sites is 1. The van der Waals surface area contributed by atoms with Crippen molar-refractivity contribution in [2.75, 3.05) is 39.4 Å². The second-order valence-electron chi connectivity index (χ2n) is 7.67. The first-order valence-corrected chi connectivity index (χ1v) is 9.51. The third-order valence-corrected chi connectivity index (χ3v) is 6.01. The standard InChI is InChI=1S/C20H26N2O4/c1-15(23)21-10-7-20(8-11-21)6-3-9-22(14-20)19(24)16-4-2-5-17-18(16)26-13-12-25-17/h2,4-5H,3,6-14H2,1H3. The molecule has 2 fully saturated rings. The van der Waals surface area contributed by atoms with Crippen molar-refractivity contribution in [1.29, 1.82) is 0 Å².